The van der Waals surface area contributed by atoms with Gasteiger partial charge in [-0.15, -0.1) is 11.3 Å². The van der Waals surface area contributed by atoms with E-state index in [2.05, 4.69) is 12.2 Å². The maximum atomic E-state index is 13.8. The summed E-state index contributed by atoms with van der Waals surface area (Å²) >= 11 is 2.98. The fourth-order valence-electron chi connectivity index (χ4n) is 4.83. The Kier molecular flexibility index (Phi) is 9.60. The number of ketones is 1. The van der Waals surface area contributed by atoms with Gasteiger partial charge in [-0.2, -0.15) is 0 Å². The molecule has 1 aliphatic rings. The number of carbonyl (C=O) groups excluding carboxylic acids is 2. The Morgan fingerprint density at radius 3 is 2.68 bits per heavy atom. The Morgan fingerprint density at radius 1 is 1.14 bits per heavy atom. The van der Waals surface area contributed by atoms with Crippen LogP contribution >= 0.6 is 23.1 Å². The van der Waals surface area contributed by atoms with Crippen LogP contribution in [-0.2, 0) is 24.2 Å². The summed E-state index contributed by atoms with van der Waals surface area (Å²) in [4.78, 5) is 45.6. The number of thiophene rings is 1. The highest BCUT2D eigenvalue weighted by molar-refractivity contribution is 8.00. The quantitative estimate of drug-likeness (QED) is 0.116. The number of carbonyl (C=O) groups is 2. The van der Waals surface area contributed by atoms with E-state index in [0.717, 1.165) is 48.7 Å². The van der Waals surface area contributed by atoms with Crippen molar-refractivity contribution in [3.63, 3.8) is 0 Å². The molecule has 1 N–H and O–H groups in total. The van der Waals surface area contributed by atoms with E-state index in [9.17, 15) is 14.4 Å². The highest BCUT2D eigenvalue weighted by atomic mass is 32.2. The van der Waals surface area contributed by atoms with E-state index in [-0.39, 0.29) is 17.2 Å². The lowest BCUT2D eigenvalue weighted by Gasteiger charge is -2.16. The topological polar surface area (TPSA) is 81.1 Å². The first-order chi connectivity index (χ1) is 17.9. The van der Waals surface area contributed by atoms with Crippen LogP contribution in [-0.4, -0.2) is 26.5 Å². The van der Waals surface area contributed by atoms with Crippen LogP contribution in [0.25, 0.3) is 10.2 Å². The Balaban J connectivity index is 1.57. The second-order valence-electron chi connectivity index (χ2n) is 9.90. The Morgan fingerprint density at radius 2 is 1.89 bits per heavy atom. The van der Waals surface area contributed by atoms with Gasteiger partial charge in [-0.25, -0.2) is 4.98 Å². The number of nitrogens with one attached hydrogen (secondary N) is 1. The minimum Gasteiger partial charge on any atom is -0.325 e. The molecule has 198 valence electrons. The van der Waals surface area contributed by atoms with Crippen LogP contribution in [0.1, 0.15) is 92.9 Å². The lowest BCUT2D eigenvalue weighted by molar-refractivity contribution is -0.115. The number of aryl methyl sites for hydroxylation is 2. The molecular weight excluding hydrogens is 502 g/mol. The highest BCUT2D eigenvalue weighted by Gasteiger charge is 2.24. The molecule has 8 heteroatoms. The smallest absolute Gasteiger partial charge is 0.263 e. The minimum absolute atomic E-state index is 0.0437. The molecule has 1 aromatic carbocycles. The molecule has 6 nitrogen and oxygen atoms in total. The van der Waals surface area contributed by atoms with Gasteiger partial charge in [-0.05, 0) is 63.6 Å². The molecule has 1 amide bonds. The lowest BCUT2D eigenvalue weighted by Crippen LogP contribution is -2.27. The van der Waals surface area contributed by atoms with Gasteiger partial charge in [0.05, 0.1) is 10.6 Å². The lowest BCUT2D eigenvalue weighted by atomic mass is 9.97. The van der Waals surface area contributed by atoms with Crippen molar-refractivity contribution in [2.75, 3.05) is 5.32 Å². The van der Waals surface area contributed by atoms with Gasteiger partial charge in [0, 0.05) is 22.7 Å². The summed E-state index contributed by atoms with van der Waals surface area (Å²) in [7, 11) is 0. The largest absolute Gasteiger partial charge is 0.325 e. The van der Waals surface area contributed by atoms with Crippen LogP contribution < -0.4 is 10.9 Å². The van der Waals surface area contributed by atoms with Crippen LogP contribution in [0.3, 0.4) is 0 Å². The fraction of sp³-hybridized carbons (Fsp3) is 0.517. The molecule has 2 heterocycles. The molecule has 0 radical (unpaired) electrons. The molecule has 3 aromatic rings. The molecule has 0 bridgehead atoms. The number of hydrogen-bond donors (Lipinski definition) is 1. The second kappa shape index (κ2) is 12.9. The Labute approximate surface area is 227 Å². The minimum atomic E-state index is -0.462. The number of rotatable bonds is 12. The normalized spacial score (nSPS) is 13.9. The number of unbranched alkanes of at least 4 members (excludes halogenated alkanes) is 5. The number of aromatic nitrogens is 2. The molecular formula is C29H37N3O3S2. The second-order valence-corrected chi connectivity index (χ2v) is 12.3. The zero-order chi connectivity index (χ0) is 26.4. The van der Waals surface area contributed by atoms with Gasteiger partial charge in [0.1, 0.15) is 4.83 Å². The number of nitrogens with zero attached hydrogens (tertiary/aromatic N) is 2. The number of benzene rings is 1. The van der Waals surface area contributed by atoms with Gasteiger partial charge in [0.25, 0.3) is 5.56 Å². The van der Waals surface area contributed by atoms with Crippen molar-refractivity contribution >= 4 is 50.7 Å². The molecule has 1 aliphatic carbocycles. The van der Waals surface area contributed by atoms with E-state index in [1.165, 1.54) is 54.8 Å². The van der Waals surface area contributed by atoms with Crippen LogP contribution in [0.4, 0.5) is 5.69 Å². The van der Waals surface area contributed by atoms with Crippen molar-refractivity contribution in [2.45, 2.75) is 102 Å². The van der Waals surface area contributed by atoms with Crippen LogP contribution in [0, 0.1) is 0 Å². The third-order valence-corrected chi connectivity index (χ3v) is 9.24. The molecule has 0 fully saturated rings. The molecule has 0 unspecified atom stereocenters. The third-order valence-electron chi connectivity index (χ3n) is 6.96. The van der Waals surface area contributed by atoms with E-state index in [1.807, 2.05) is 11.5 Å². The molecule has 4 rings (SSSR count). The monoisotopic (exact) mass is 539 g/mol. The summed E-state index contributed by atoms with van der Waals surface area (Å²) in [5, 5.41) is 3.87. The maximum absolute atomic E-state index is 13.8. The van der Waals surface area contributed by atoms with Gasteiger partial charge in [0.2, 0.25) is 5.91 Å². The zero-order valence-corrected chi connectivity index (χ0v) is 23.7. The van der Waals surface area contributed by atoms with Crippen molar-refractivity contribution in [1.82, 2.24) is 9.55 Å². The van der Waals surface area contributed by atoms with Gasteiger partial charge >= 0.3 is 0 Å². The van der Waals surface area contributed by atoms with Gasteiger partial charge in [0.15, 0.2) is 10.9 Å². The third kappa shape index (κ3) is 6.71. The van der Waals surface area contributed by atoms with Gasteiger partial charge in [-0.1, -0.05) is 62.9 Å². The van der Waals surface area contributed by atoms with E-state index in [4.69, 9.17) is 4.98 Å². The number of thioether (sulfide) groups is 1. The molecule has 0 saturated carbocycles. The molecule has 0 saturated heterocycles. The number of amides is 1. The van der Waals surface area contributed by atoms with E-state index in [1.54, 1.807) is 35.6 Å². The first kappa shape index (κ1) is 27.6. The van der Waals surface area contributed by atoms with Crippen LogP contribution in [0.2, 0.25) is 0 Å². The summed E-state index contributed by atoms with van der Waals surface area (Å²) in [5.41, 5.74) is 2.39. The summed E-state index contributed by atoms with van der Waals surface area (Å²) in [6, 6.07) is 6.95. The summed E-state index contributed by atoms with van der Waals surface area (Å²) in [6.07, 6.45) is 11.1. The first-order valence-corrected chi connectivity index (χ1v) is 15.2. The van der Waals surface area contributed by atoms with Crippen LogP contribution in [0.5, 0.6) is 0 Å². The first-order valence-electron chi connectivity index (χ1n) is 13.5. The van der Waals surface area contributed by atoms with Gasteiger partial charge in [-0.3, -0.25) is 19.0 Å². The average Bonchev–Trinajstić information content (AvgIpc) is 3.26. The number of hydrogen-bond acceptors (Lipinski definition) is 6. The SMILES string of the molecule is CCCCCCCCn1c(S[C@@H](C)C(=O)Nc2cccc(C(C)=O)c2)nc2sc3c(c2c1=O)CCCC3. The maximum Gasteiger partial charge on any atom is 0.263 e. The average molecular weight is 540 g/mol. The summed E-state index contributed by atoms with van der Waals surface area (Å²) in [5.74, 6) is -0.231. The molecule has 2 aromatic heterocycles. The predicted octanol–water partition coefficient (Wildman–Crippen LogP) is 7.02. The Hall–Kier alpha value is -2.45. The van der Waals surface area contributed by atoms with Crippen molar-refractivity contribution in [2.24, 2.45) is 0 Å². The van der Waals surface area contributed by atoms with E-state index in [0.29, 0.717) is 23.0 Å². The standard InChI is InChI=1S/C29H37N3O3S2/c1-4-5-6-7-8-11-17-32-28(35)25-23-15-9-10-16-24(23)37-27(25)31-29(32)36-20(3)26(34)30-22-14-12-13-21(18-22)19(2)33/h12-14,18,20H,4-11,15-17H2,1-3H3,(H,30,34)/t20-/m0/s1. The van der Waals surface area contributed by atoms with Crippen molar-refractivity contribution in [3.05, 3.63) is 50.6 Å². The van der Waals surface area contributed by atoms with Gasteiger partial charge < -0.3 is 5.32 Å². The predicted molar refractivity (Wildman–Crippen MR) is 154 cm³/mol. The van der Waals surface area contributed by atoms with E-state index >= 15 is 0 Å². The van der Waals surface area contributed by atoms with E-state index < -0.39 is 5.25 Å². The zero-order valence-electron chi connectivity index (χ0n) is 22.1. The van der Waals surface area contributed by atoms with Crippen LogP contribution in [0.15, 0.2) is 34.2 Å². The number of fused-ring (bicyclic) bond motifs is 3. The molecule has 37 heavy (non-hydrogen) atoms. The fourth-order valence-corrected chi connectivity index (χ4v) is 7.07. The highest BCUT2D eigenvalue weighted by Crippen LogP contribution is 2.35. The summed E-state index contributed by atoms with van der Waals surface area (Å²) < 4.78 is 1.81. The number of anilines is 1. The molecule has 0 aliphatic heterocycles. The number of Topliss-reactive ketones (excluding diaryl/α,β-unsaturated/α-hetero) is 1. The molecule has 0 spiro atoms. The Bertz CT molecular complexity index is 1330. The van der Waals surface area contributed by atoms with Crippen molar-refractivity contribution < 1.29 is 9.59 Å². The van der Waals surface area contributed by atoms with Crippen molar-refractivity contribution in [1.29, 1.82) is 0 Å². The summed E-state index contributed by atoms with van der Waals surface area (Å²) in [6.45, 7) is 6.17. The van der Waals surface area contributed by atoms with Crippen molar-refractivity contribution in [3.8, 4) is 0 Å². The molecule has 1 atom stereocenters.